The molecule has 3 saturated heterocycles. The fourth-order valence-electron chi connectivity index (χ4n) is 3.39. The maximum atomic E-state index is 12.8. The Kier molecular flexibility index (Phi) is 4.47. The third-order valence-corrected chi connectivity index (χ3v) is 6.93. The average molecular weight is 301 g/mol. The molecule has 0 radical (unpaired) electrons. The zero-order chi connectivity index (χ0) is 13.3. The molecular weight excluding hydrogens is 278 g/mol. The molecule has 3 unspecified atom stereocenters. The lowest BCUT2D eigenvalue weighted by Crippen LogP contribution is -2.50. The molecule has 3 fully saturated rings. The van der Waals surface area contributed by atoms with Crippen molar-refractivity contribution in [1.82, 2.24) is 4.90 Å². The SMILES string of the molecule is CN1CCSCC1C(=O)C1CCOC2(CCSC2)C1. The zero-order valence-corrected chi connectivity index (χ0v) is 13.2. The largest absolute Gasteiger partial charge is 0.374 e. The van der Waals surface area contributed by atoms with Crippen molar-refractivity contribution >= 4 is 29.3 Å². The van der Waals surface area contributed by atoms with Gasteiger partial charge in [-0.1, -0.05) is 0 Å². The van der Waals surface area contributed by atoms with Crippen molar-refractivity contribution in [3.8, 4) is 0 Å². The van der Waals surface area contributed by atoms with E-state index in [2.05, 4.69) is 11.9 Å². The van der Waals surface area contributed by atoms with E-state index >= 15 is 0 Å². The van der Waals surface area contributed by atoms with Crippen LogP contribution < -0.4 is 0 Å². The van der Waals surface area contributed by atoms with Crippen molar-refractivity contribution < 1.29 is 9.53 Å². The minimum absolute atomic E-state index is 0.0314. The Morgan fingerprint density at radius 2 is 2.26 bits per heavy atom. The van der Waals surface area contributed by atoms with Crippen molar-refractivity contribution in [2.24, 2.45) is 5.92 Å². The molecule has 3 aliphatic heterocycles. The molecule has 0 bridgehead atoms. The van der Waals surface area contributed by atoms with Gasteiger partial charge in [-0.3, -0.25) is 9.69 Å². The van der Waals surface area contributed by atoms with Gasteiger partial charge < -0.3 is 4.74 Å². The van der Waals surface area contributed by atoms with Crippen molar-refractivity contribution in [2.75, 3.05) is 43.2 Å². The second kappa shape index (κ2) is 5.96. The van der Waals surface area contributed by atoms with E-state index in [9.17, 15) is 4.79 Å². The lowest BCUT2D eigenvalue weighted by atomic mass is 9.81. The van der Waals surface area contributed by atoms with Gasteiger partial charge in [-0.15, -0.1) is 0 Å². The summed E-state index contributed by atoms with van der Waals surface area (Å²) < 4.78 is 6.03. The highest BCUT2D eigenvalue weighted by molar-refractivity contribution is 7.99. The molecule has 0 aromatic rings. The van der Waals surface area contributed by atoms with Crippen LogP contribution in [-0.2, 0) is 9.53 Å². The Labute approximate surface area is 124 Å². The normalized spacial score (nSPS) is 40.7. The Morgan fingerprint density at radius 1 is 1.37 bits per heavy atom. The van der Waals surface area contributed by atoms with Crippen LogP contribution in [0.15, 0.2) is 0 Å². The number of hydrogen-bond acceptors (Lipinski definition) is 5. The van der Waals surface area contributed by atoms with E-state index in [1.165, 1.54) is 5.75 Å². The minimum atomic E-state index is 0.0314. The first-order valence-corrected chi connectivity index (χ1v) is 9.55. The van der Waals surface area contributed by atoms with Gasteiger partial charge in [0.05, 0.1) is 11.6 Å². The van der Waals surface area contributed by atoms with Gasteiger partial charge in [0, 0.05) is 36.3 Å². The van der Waals surface area contributed by atoms with Gasteiger partial charge in [-0.25, -0.2) is 0 Å². The molecule has 1 spiro atoms. The van der Waals surface area contributed by atoms with Crippen molar-refractivity contribution in [2.45, 2.75) is 30.9 Å². The molecule has 3 heterocycles. The monoisotopic (exact) mass is 301 g/mol. The summed E-state index contributed by atoms with van der Waals surface area (Å²) in [4.78, 5) is 15.0. The lowest BCUT2D eigenvalue weighted by molar-refractivity contribution is -0.138. The van der Waals surface area contributed by atoms with Gasteiger partial charge >= 0.3 is 0 Å². The van der Waals surface area contributed by atoms with Crippen LogP contribution in [0.5, 0.6) is 0 Å². The summed E-state index contributed by atoms with van der Waals surface area (Å²) in [6.07, 6.45) is 3.03. The van der Waals surface area contributed by atoms with E-state index in [1.807, 2.05) is 23.5 Å². The van der Waals surface area contributed by atoms with Gasteiger partial charge in [0.25, 0.3) is 0 Å². The Morgan fingerprint density at radius 3 is 3.00 bits per heavy atom. The molecule has 3 rings (SSSR count). The molecule has 0 aromatic carbocycles. The predicted molar refractivity (Wildman–Crippen MR) is 82.1 cm³/mol. The predicted octanol–water partition coefficient (Wildman–Crippen LogP) is 1.91. The van der Waals surface area contributed by atoms with Crippen molar-refractivity contribution in [3.05, 3.63) is 0 Å². The summed E-state index contributed by atoms with van der Waals surface area (Å²) in [6, 6.07) is 0.146. The van der Waals surface area contributed by atoms with E-state index in [1.54, 1.807) is 0 Å². The van der Waals surface area contributed by atoms with E-state index in [4.69, 9.17) is 4.74 Å². The first kappa shape index (κ1) is 14.2. The van der Waals surface area contributed by atoms with Crippen LogP contribution in [0.2, 0.25) is 0 Å². The number of carbonyl (C=O) groups is 1. The van der Waals surface area contributed by atoms with Crippen LogP contribution in [0, 0.1) is 5.92 Å². The lowest BCUT2D eigenvalue weighted by Gasteiger charge is -2.40. The van der Waals surface area contributed by atoms with Crippen LogP contribution in [0.1, 0.15) is 19.3 Å². The van der Waals surface area contributed by atoms with Gasteiger partial charge in [0.15, 0.2) is 5.78 Å². The van der Waals surface area contributed by atoms with Gasteiger partial charge in [-0.05, 0) is 32.1 Å². The summed E-state index contributed by atoms with van der Waals surface area (Å²) >= 11 is 3.90. The van der Waals surface area contributed by atoms with E-state index < -0.39 is 0 Å². The highest BCUT2D eigenvalue weighted by Gasteiger charge is 2.44. The van der Waals surface area contributed by atoms with E-state index in [0.717, 1.165) is 49.7 Å². The molecule has 3 aliphatic rings. The number of rotatable bonds is 2. The summed E-state index contributed by atoms with van der Waals surface area (Å²) in [5, 5.41) is 0. The van der Waals surface area contributed by atoms with Crippen molar-refractivity contribution in [3.63, 3.8) is 0 Å². The fraction of sp³-hybridized carbons (Fsp3) is 0.929. The number of nitrogens with zero attached hydrogens (tertiary/aromatic N) is 1. The number of carbonyl (C=O) groups excluding carboxylic acids is 1. The van der Waals surface area contributed by atoms with E-state index in [0.29, 0.717) is 5.78 Å². The molecule has 0 N–H and O–H groups in total. The number of ether oxygens (including phenoxy) is 1. The topological polar surface area (TPSA) is 29.5 Å². The third kappa shape index (κ3) is 2.99. The minimum Gasteiger partial charge on any atom is -0.374 e. The summed E-state index contributed by atoms with van der Waals surface area (Å²) in [5.41, 5.74) is 0.0314. The van der Waals surface area contributed by atoms with Crippen LogP contribution in [0.4, 0.5) is 0 Å². The average Bonchev–Trinajstić information content (AvgIpc) is 2.86. The number of hydrogen-bond donors (Lipinski definition) is 0. The standard InChI is InChI=1S/C14H23NO2S2/c1-15-4-7-18-9-12(15)13(16)11-2-5-17-14(8-11)3-6-19-10-14/h11-12H,2-10H2,1H3. The number of ketones is 1. The maximum Gasteiger partial charge on any atom is 0.154 e. The maximum absolute atomic E-state index is 12.8. The molecule has 5 heteroatoms. The van der Waals surface area contributed by atoms with Gasteiger partial charge in [-0.2, -0.15) is 23.5 Å². The smallest absolute Gasteiger partial charge is 0.154 e. The first-order chi connectivity index (χ1) is 9.20. The number of thioether (sulfide) groups is 2. The fourth-order valence-corrected chi connectivity index (χ4v) is 6.00. The molecule has 0 amide bonds. The Bertz CT molecular complexity index is 344. The van der Waals surface area contributed by atoms with Gasteiger partial charge in [0.1, 0.15) is 0 Å². The van der Waals surface area contributed by atoms with E-state index in [-0.39, 0.29) is 17.6 Å². The van der Waals surface area contributed by atoms with Crippen LogP contribution in [-0.4, -0.2) is 65.5 Å². The van der Waals surface area contributed by atoms with Crippen LogP contribution >= 0.6 is 23.5 Å². The second-order valence-electron chi connectivity index (χ2n) is 6.00. The molecule has 0 saturated carbocycles. The second-order valence-corrected chi connectivity index (χ2v) is 8.25. The molecule has 19 heavy (non-hydrogen) atoms. The molecule has 3 nitrogen and oxygen atoms in total. The highest BCUT2D eigenvalue weighted by Crippen LogP contribution is 2.41. The molecule has 0 aromatic heterocycles. The molecule has 108 valence electrons. The summed E-state index contributed by atoms with van der Waals surface area (Å²) in [5.74, 6) is 5.14. The number of Topliss-reactive ketones (excluding diaryl/α,β-unsaturated/α-hetero) is 1. The molecule has 0 aliphatic carbocycles. The molecule has 3 atom stereocenters. The molecular formula is C14H23NO2S2. The van der Waals surface area contributed by atoms with Gasteiger partial charge in [0.2, 0.25) is 0 Å². The first-order valence-electron chi connectivity index (χ1n) is 7.24. The summed E-state index contributed by atoms with van der Waals surface area (Å²) in [6.45, 7) is 1.83. The zero-order valence-electron chi connectivity index (χ0n) is 11.6. The quantitative estimate of drug-likeness (QED) is 0.777. The third-order valence-electron chi connectivity index (χ3n) is 4.69. The number of likely N-dealkylation sites (N-methyl/N-ethyl adjacent to an activating group) is 1. The Hall–Kier alpha value is 0.290. The van der Waals surface area contributed by atoms with Crippen LogP contribution in [0.3, 0.4) is 0 Å². The Balaban J connectivity index is 1.65. The van der Waals surface area contributed by atoms with Crippen molar-refractivity contribution in [1.29, 1.82) is 0 Å². The van der Waals surface area contributed by atoms with Crippen LogP contribution in [0.25, 0.3) is 0 Å². The summed E-state index contributed by atoms with van der Waals surface area (Å²) in [7, 11) is 2.10. The highest BCUT2D eigenvalue weighted by atomic mass is 32.2.